The first kappa shape index (κ1) is 19.9. The number of benzene rings is 2. The SMILES string of the molecule is COc1cc(C(=O)NC(C)c2cccc(Cl)c2)cc(Cl)c1OCC(N)=O. The van der Waals surface area contributed by atoms with Crippen LogP contribution < -0.4 is 20.5 Å². The summed E-state index contributed by atoms with van der Waals surface area (Å²) in [5.74, 6) is -0.633. The summed E-state index contributed by atoms with van der Waals surface area (Å²) in [4.78, 5) is 23.4. The van der Waals surface area contributed by atoms with Gasteiger partial charge in [0.15, 0.2) is 18.1 Å². The molecule has 0 saturated heterocycles. The quantitative estimate of drug-likeness (QED) is 0.750. The van der Waals surface area contributed by atoms with E-state index < -0.39 is 5.91 Å². The Labute approximate surface area is 161 Å². The maximum Gasteiger partial charge on any atom is 0.255 e. The number of methoxy groups -OCH3 is 1. The Kier molecular flexibility index (Phi) is 6.71. The van der Waals surface area contributed by atoms with Gasteiger partial charge in [-0.25, -0.2) is 0 Å². The summed E-state index contributed by atoms with van der Waals surface area (Å²) >= 11 is 12.1. The van der Waals surface area contributed by atoms with Crippen LogP contribution in [0.25, 0.3) is 0 Å². The van der Waals surface area contributed by atoms with Crippen LogP contribution in [-0.4, -0.2) is 25.5 Å². The molecule has 2 amide bonds. The summed E-state index contributed by atoms with van der Waals surface area (Å²) in [7, 11) is 1.40. The van der Waals surface area contributed by atoms with Gasteiger partial charge in [-0.3, -0.25) is 9.59 Å². The van der Waals surface area contributed by atoms with Crippen molar-refractivity contribution in [3.05, 3.63) is 57.6 Å². The maximum absolute atomic E-state index is 12.5. The Morgan fingerprint density at radius 2 is 1.96 bits per heavy atom. The average Bonchev–Trinajstić information content (AvgIpc) is 2.59. The fraction of sp³-hybridized carbons (Fsp3) is 0.222. The monoisotopic (exact) mass is 396 g/mol. The highest BCUT2D eigenvalue weighted by Gasteiger charge is 2.18. The first-order valence-electron chi connectivity index (χ1n) is 7.66. The first-order valence-corrected chi connectivity index (χ1v) is 8.42. The highest BCUT2D eigenvalue weighted by molar-refractivity contribution is 6.32. The summed E-state index contributed by atoms with van der Waals surface area (Å²) in [5.41, 5.74) is 6.21. The van der Waals surface area contributed by atoms with Crippen molar-refractivity contribution in [3.63, 3.8) is 0 Å². The van der Waals surface area contributed by atoms with Crippen LogP contribution in [0.2, 0.25) is 10.0 Å². The largest absolute Gasteiger partial charge is 0.493 e. The zero-order valence-electron chi connectivity index (χ0n) is 14.2. The molecule has 8 heteroatoms. The van der Waals surface area contributed by atoms with Crippen molar-refractivity contribution < 1.29 is 19.1 Å². The predicted molar refractivity (Wildman–Crippen MR) is 100 cm³/mol. The molecule has 6 nitrogen and oxygen atoms in total. The lowest BCUT2D eigenvalue weighted by atomic mass is 10.1. The molecule has 2 aromatic carbocycles. The van der Waals surface area contributed by atoms with E-state index in [1.165, 1.54) is 19.2 Å². The summed E-state index contributed by atoms with van der Waals surface area (Å²) in [6, 6.07) is 9.85. The summed E-state index contributed by atoms with van der Waals surface area (Å²) in [5, 5.41) is 3.58. The van der Waals surface area contributed by atoms with Crippen molar-refractivity contribution >= 4 is 35.0 Å². The Balaban J connectivity index is 2.20. The third-order valence-corrected chi connectivity index (χ3v) is 4.06. The molecule has 2 aromatic rings. The number of primary amides is 1. The van der Waals surface area contributed by atoms with Crippen LogP contribution in [0.15, 0.2) is 36.4 Å². The van der Waals surface area contributed by atoms with Crippen molar-refractivity contribution in [2.75, 3.05) is 13.7 Å². The molecule has 0 saturated carbocycles. The molecule has 0 bridgehead atoms. The lowest BCUT2D eigenvalue weighted by molar-refractivity contribution is -0.119. The third-order valence-electron chi connectivity index (χ3n) is 3.55. The number of rotatable bonds is 7. The zero-order valence-corrected chi connectivity index (χ0v) is 15.7. The number of amides is 2. The van der Waals surface area contributed by atoms with Gasteiger partial charge in [0, 0.05) is 10.6 Å². The molecule has 3 N–H and O–H groups in total. The second kappa shape index (κ2) is 8.78. The molecule has 0 heterocycles. The lowest BCUT2D eigenvalue weighted by Gasteiger charge is -2.16. The van der Waals surface area contributed by atoms with Crippen molar-refractivity contribution in [2.45, 2.75) is 13.0 Å². The smallest absolute Gasteiger partial charge is 0.255 e. The molecule has 0 fully saturated rings. The zero-order chi connectivity index (χ0) is 19.3. The molecule has 2 rings (SSSR count). The Hall–Kier alpha value is -2.44. The second-order valence-corrected chi connectivity index (χ2v) is 6.34. The van der Waals surface area contributed by atoms with Gasteiger partial charge < -0.3 is 20.5 Å². The van der Waals surface area contributed by atoms with Gasteiger partial charge in [0.05, 0.1) is 18.2 Å². The van der Waals surface area contributed by atoms with E-state index in [0.29, 0.717) is 5.02 Å². The van der Waals surface area contributed by atoms with Gasteiger partial charge in [-0.2, -0.15) is 0 Å². The number of hydrogen-bond donors (Lipinski definition) is 2. The van der Waals surface area contributed by atoms with Gasteiger partial charge in [-0.1, -0.05) is 35.3 Å². The molecule has 0 aliphatic carbocycles. The fourth-order valence-corrected chi connectivity index (χ4v) is 2.74. The maximum atomic E-state index is 12.5. The van der Waals surface area contributed by atoms with Crippen LogP contribution >= 0.6 is 23.2 Å². The molecule has 0 aliphatic heterocycles. The normalized spacial score (nSPS) is 11.5. The molecule has 0 aliphatic rings. The van der Waals surface area contributed by atoms with Gasteiger partial charge in [-0.15, -0.1) is 0 Å². The van der Waals surface area contributed by atoms with E-state index in [9.17, 15) is 9.59 Å². The second-order valence-electron chi connectivity index (χ2n) is 5.49. The van der Waals surface area contributed by atoms with Crippen molar-refractivity contribution in [3.8, 4) is 11.5 Å². The van der Waals surface area contributed by atoms with Crippen molar-refractivity contribution in [2.24, 2.45) is 5.73 Å². The van der Waals surface area contributed by atoms with E-state index in [1.54, 1.807) is 12.1 Å². The Morgan fingerprint density at radius 1 is 1.23 bits per heavy atom. The predicted octanol–water partition coefficient (Wildman–Crippen LogP) is 3.36. The Morgan fingerprint density at radius 3 is 2.58 bits per heavy atom. The fourth-order valence-electron chi connectivity index (χ4n) is 2.27. The Bertz CT molecular complexity index is 827. The summed E-state index contributed by atoms with van der Waals surface area (Å²) in [6.45, 7) is 1.49. The minimum absolute atomic E-state index is 0.131. The van der Waals surface area contributed by atoms with E-state index in [-0.39, 0.29) is 40.6 Å². The van der Waals surface area contributed by atoms with Crippen LogP contribution in [0.4, 0.5) is 0 Å². The van der Waals surface area contributed by atoms with Gasteiger partial charge in [0.2, 0.25) is 0 Å². The van der Waals surface area contributed by atoms with Gasteiger partial charge in [-0.05, 0) is 36.8 Å². The third kappa shape index (κ3) is 5.03. The summed E-state index contributed by atoms with van der Waals surface area (Å²) < 4.78 is 10.4. The molecule has 0 aromatic heterocycles. The minimum atomic E-state index is -0.653. The highest BCUT2D eigenvalue weighted by Crippen LogP contribution is 2.36. The molecular weight excluding hydrogens is 379 g/mol. The van der Waals surface area contributed by atoms with Gasteiger partial charge >= 0.3 is 0 Å². The van der Waals surface area contributed by atoms with Gasteiger partial charge in [0.1, 0.15) is 0 Å². The standard InChI is InChI=1S/C18H18Cl2N2O4/c1-10(11-4-3-5-13(19)6-11)22-18(24)12-7-14(20)17(15(8-12)25-2)26-9-16(21)23/h3-8,10H,9H2,1-2H3,(H2,21,23)(H,22,24). The van der Waals surface area contributed by atoms with E-state index >= 15 is 0 Å². The average molecular weight is 397 g/mol. The lowest BCUT2D eigenvalue weighted by Crippen LogP contribution is -2.26. The number of hydrogen-bond acceptors (Lipinski definition) is 4. The van der Waals surface area contributed by atoms with Crippen LogP contribution in [0.5, 0.6) is 11.5 Å². The van der Waals surface area contributed by atoms with Crippen LogP contribution in [-0.2, 0) is 4.79 Å². The number of carbonyl (C=O) groups is 2. The topological polar surface area (TPSA) is 90.7 Å². The molecular formula is C18H18Cl2N2O4. The van der Waals surface area contributed by atoms with E-state index in [1.807, 2.05) is 19.1 Å². The van der Waals surface area contributed by atoms with Crippen LogP contribution in [0.3, 0.4) is 0 Å². The molecule has 138 valence electrons. The van der Waals surface area contributed by atoms with Crippen LogP contribution in [0, 0.1) is 0 Å². The summed E-state index contributed by atoms with van der Waals surface area (Å²) in [6.07, 6.45) is 0. The molecule has 26 heavy (non-hydrogen) atoms. The van der Waals surface area contributed by atoms with E-state index in [0.717, 1.165) is 5.56 Å². The van der Waals surface area contributed by atoms with Crippen LogP contribution in [0.1, 0.15) is 28.9 Å². The molecule has 1 atom stereocenters. The first-order chi connectivity index (χ1) is 12.3. The molecule has 1 unspecified atom stereocenters. The highest BCUT2D eigenvalue weighted by atomic mass is 35.5. The minimum Gasteiger partial charge on any atom is -0.493 e. The van der Waals surface area contributed by atoms with Gasteiger partial charge in [0.25, 0.3) is 11.8 Å². The van der Waals surface area contributed by atoms with E-state index in [2.05, 4.69) is 5.32 Å². The number of carbonyl (C=O) groups excluding carboxylic acids is 2. The number of nitrogens with one attached hydrogen (secondary N) is 1. The van der Waals surface area contributed by atoms with Crippen molar-refractivity contribution in [1.29, 1.82) is 0 Å². The number of nitrogens with two attached hydrogens (primary N) is 1. The number of halogens is 2. The number of ether oxygens (including phenoxy) is 2. The van der Waals surface area contributed by atoms with Crippen molar-refractivity contribution in [1.82, 2.24) is 5.32 Å². The molecule has 0 spiro atoms. The van der Waals surface area contributed by atoms with E-state index in [4.69, 9.17) is 38.4 Å². The molecule has 0 radical (unpaired) electrons.